The van der Waals surface area contributed by atoms with Gasteiger partial charge < -0.3 is 9.47 Å². The van der Waals surface area contributed by atoms with Gasteiger partial charge in [-0.3, -0.25) is 0 Å². The van der Waals surface area contributed by atoms with Gasteiger partial charge in [-0.05, 0) is 19.1 Å². The largest absolute Gasteiger partial charge is 0.493 e. The molecule has 4 aromatic rings. The third-order valence-electron chi connectivity index (χ3n) is 4.76. The number of rotatable bonds is 8. The van der Waals surface area contributed by atoms with Gasteiger partial charge in [0.05, 0.1) is 20.3 Å². The number of aromatic nitrogens is 6. The topological polar surface area (TPSA) is 79.4 Å². The molecule has 0 saturated carbocycles. The highest BCUT2D eigenvalue weighted by Gasteiger charge is 2.15. The standard InChI is InChI=1S/C21H24N6O2/c1-15-9-10-17(29-3)21-22-18(24-27(15)21)11-12-19-23-20(16-7-5-4-6-8-16)25-26(19)13-14-28-2/h4-10H,11-14H2,1-3H3. The van der Waals surface area contributed by atoms with Crippen molar-refractivity contribution in [1.29, 1.82) is 0 Å². The van der Waals surface area contributed by atoms with Crippen LogP contribution < -0.4 is 4.74 Å². The zero-order valence-corrected chi connectivity index (χ0v) is 16.9. The highest BCUT2D eigenvalue weighted by atomic mass is 16.5. The van der Waals surface area contributed by atoms with Gasteiger partial charge in [-0.25, -0.2) is 19.2 Å². The van der Waals surface area contributed by atoms with Crippen LogP contribution in [0.2, 0.25) is 0 Å². The van der Waals surface area contributed by atoms with Crippen LogP contribution in [0, 0.1) is 6.92 Å². The van der Waals surface area contributed by atoms with E-state index in [-0.39, 0.29) is 0 Å². The summed E-state index contributed by atoms with van der Waals surface area (Å²) in [5.41, 5.74) is 2.73. The lowest BCUT2D eigenvalue weighted by molar-refractivity contribution is 0.182. The van der Waals surface area contributed by atoms with E-state index in [1.807, 2.05) is 58.6 Å². The highest BCUT2D eigenvalue weighted by Crippen LogP contribution is 2.20. The van der Waals surface area contributed by atoms with Crippen molar-refractivity contribution in [2.24, 2.45) is 0 Å². The van der Waals surface area contributed by atoms with E-state index in [2.05, 4.69) is 15.2 Å². The number of fused-ring (bicyclic) bond motifs is 1. The van der Waals surface area contributed by atoms with E-state index in [0.717, 1.165) is 34.4 Å². The molecule has 0 amide bonds. The minimum absolute atomic E-state index is 0.577. The lowest BCUT2D eigenvalue weighted by Gasteiger charge is -2.03. The van der Waals surface area contributed by atoms with Gasteiger partial charge >= 0.3 is 0 Å². The molecule has 3 heterocycles. The molecule has 0 saturated heterocycles. The van der Waals surface area contributed by atoms with Crippen molar-refractivity contribution < 1.29 is 9.47 Å². The van der Waals surface area contributed by atoms with Gasteiger partial charge in [0, 0.05) is 31.2 Å². The molecular weight excluding hydrogens is 368 g/mol. The van der Waals surface area contributed by atoms with Crippen molar-refractivity contribution >= 4 is 5.65 Å². The number of aryl methyl sites for hydroxylation is 3. The molecule has 0 atom stereocenters. The van der Waals surface area contributed by atoms with Crippen molar-refractivity contribution in [2.75, 3.05) is 20.8 Å². The quantitative estimate of drug-likeness (QED) is 0.459. The molecule has 4 rings (SSSR count). The Morgan fingerprint density at radius 2 is 1.76 bits per heavy atom. The number of ether oxygens (including phenoxy) is 2. The van der Waals surface area contributed by atoms with E-state index >= 15 is 0 Å². The smallest absolute Gasteiger partial charge is 0.198 e. The Bertz CT molecular complexity index is 1100. The molecular formula is C21H24N6O2. The summed E-state index contributed by atoms with van der Waals surface area (Å²) < 4.78 is 14.4. The maximum Gasteiger partial charge on any atom is 0.198 e. The number of pyridine rings is 1. The molecule has 1 aromatic carbocycles. The molecule has 0 radical (unpaired) electrons. The lowest BCUT2D eigenvalue weighted by Crippen LogP contribution is -2.11. The fourth-order valence-electron chi connectivity index (χ4n) is 3.22. The Kier molecular flexibility index (Phi) is 5.53. The second-order valence-corrected chi connectivity index (χ2v) is 6.74. The van der Waals surface area contributed by atoms with Gasteiger partial charge in [0.1, 0.15) is 5.82 Å². The van der Waals surface area contributed by atoms with Crippen LogP contribution in [0.1, 0.15) is 17.3 Å². The number of methoxy groups -OCH3 is 2. The molecule has 0 spiro atoms. The Morgan fingerprint density at radius 3 is 2.52 bits per heavy atom. The third kappa shape index (κ3) is 3.97. The monoisotopic (exact) mass is 392 g/mol. The van der Waals surface area contributed by atoms with Gasteiger partial charge in [0.2, 0.25) is 0 Å². The fraction of sp³-hybridized carbons (Fsp3) is 0.333. The molecule has 0 aliphatic carbocycles. The summed E-state index contributed by atoms with van der Waals surface area (Å²) >= 11 is 0. The average molecular weight is 392 g/mol. The van der Waals surface area contributed by atoms with E-state index < -0.39 is 0 Å². The predicted molar refractivity (Wildman–Crippen MR) is 109 cm³/mol. The second-order valence-electron chi connectivity index (χ2n) is 6.74. The first-order valence-electron chi connectivity index (χ1n) is 9.57. The Labute approximate surface area is 169 Å². The Hall–Kier alpha value is -3.26. The summed E-state index contributed by atoms with van der Waals surface area (Å²) in [5, 5.41) is 9.31. The lowest BCUT2D eigenvalue weighted by atomic mass is 10.2. The predicted octanol–water partition coefficient (Wildman–Crippen LogP) is 2.74. The van der Waals surface area contributed by atoms with Crippen LogP contribution in [0.25, 0.3) is 17.0 Å². The molecule has 0 aliphatic rings. The number of hydrogen-bond acceptors (Lipinski definition) is 6. The van der Waals surface area contributed by atoms with Crippen LogP contribution in [0.4, 0.5) is 0 Å². The van der Waals surface area contributed by atoms with Crippen molar-refractivity contribution in [3.63, 3.8) is 0 Å². The van der Waals surface area contributed by atoms with Crippen molar-refractivity contribution in [3.05, 3.63) is 59.8 Å². The summed E-state index contributed by atoms with van der Waals surface area (Å²) in [5.74, 6) is 3.07. The van der Waals surface area contributed by atoms with Crippen LogP contribution in [0.5, 0.6) is 5.75 Å². The maximum atomic E-state index is 5.41. The summed E-state index contributed by atoms with van der Waals surface area (Å²) in [6.45, 7) is 3.23. The molecule has 8 heteroatoms. The fourth-order valence-corrected chi connectivity index (χ4v) is 3.22. The third-order valence-corrected chi connectivity index (χ3v) is 4.76. The Morgan fingerprint density at radius 1 is 0.931 bits per heavy atom. The van der Waals surface area contributed by atoms with Crippen molar-refractivity contribution in [1.82, 2.24) is 29.4 Å². The van der Waals surface area contributed by atoms with Crippen molar-refractivity contribution in [2.45, 2.75) is 26.3 Å². The number of hydrogen-bond donors (Lipinski definition) is 0. The molecule has 0 aliphatic heterocycles. The van der Waals surface area contributed by atoms with Crippen LogP contribution in [0.3, 0.4) is 0 Å². The van der Waals surface area contributed by atoms with Crippen molar-refractivity contribution in [3.8, 4) is 17.1 Å². The summed E-state index contributed by atoms with van der Waals surface area (Å²) in [6, 6.07) is 13.9. The summed E-state index contributed by atoms with van der Waals surface area (Å²) in [7, 11) is 3.33. The molecule has 3 aromatic heterocycles. The molecule has 0 unspecified atom stereocenters. The molecule has 0 bridgehead atoms. The highest BCUT2D eigenvalue weighted by molar-refractivity contribution is 5.54. The van der Waals surface area contributed by atoms with E-state index in [0.29, 0.717) is 31.7 Å². The van der Waals surface area contributed by atoms with E-state index in [9.17, 15) is 0 Å². The van der Waals surface area contributed by atoms with Gasteiger partial charge in [0.25, 0.3) is 0 Å². The molecule has 0 fully saturated rings. The number of benzene rings is 1. The van der Waals surface area contributed by atoms with Gasteiger partial charge in [-0.2, -0.15) is 10.2 Å². The molecule has 29 heavy (non-hydrogen) atoms. The normalized spacial score (nSPS) is 11.3. The first kappa shape index (κ1) is 19.1. The van der Waals surface area contributed by atoms with Crippen LogP contribution >= 0.6 is 0 Å². The second kappa shape index (κ2) is 8.40. The van der Waals surface area contributed by atoms with Crippen LogP contribution in [-0.4, -0.2) is 50.2 Å². The summed E-state index contributed by atoms with van der Waals surface area (Å²) in [4.78, 5) is 9.42. The summed E-state index contributed by atoms with van der Waals surface area (Å²) in [6.07, 6.45) is 1.34. The van der Waals surface area contributed by atoms with E-state index in [1.54, 1.807) is 14.2 Å². The number of nitrogens with zero attached hydrogens (tertiary/aromatic N) is 6. The van der Waals surface area contributed by atoms with Gasteiger partial charge in [-0.1, -0.05) is 30.3 Å². The zero-order chi connectivity index (χ0) is 20.2. The minimum atomic E-state index is 0.577. The van der Waals surface area contributed by atoms with E-state index in [1.165, 1.54) is 0 Å². The molecule has 150 valence electrons. The first-order chi connectivity index (χ1) is 14.2. The van der Waals surface area contributed by atoms with Gasteiger partial charge in [0.15, 0.2) is 23.0 Å². The van der Waals surface area contributed by atoms with Crippen LogP contribution in [0.15, 0.2) is 42.5 Å². The SMILES string of the molecule is COCCn1nc(-c2ccccc2)nc1CCc1nc2c(OC)ccc(C)n2n1. The first-order valence-corrected chi connectivity index (χ1v) is 9.57. The van der Waals surface area contributed by atoms with E-state index in [4.69, 9.17) is 14.5 Å². The average Bonchev–Trinajstić information content (AvgIpc) is 3.36. The Balaban J connectivity index is 1.59. The maximum absolute atomic E-state index is 5.41. The molecule has 0 N–H and O–H groups in total. The molecule has 8 nitrogen and oxygen atoms in total. The zero-order valence-electron chi connectivity index (χ0n) is 16.9. The minimum Gasteiger partial charge on any atom is -0.493 e. The van der Waals surface area contributed by atoms with Crippen LogP contribution in [-0.2, 0) is 24.1 Å². The van der Waals surface area contributed by atoms with Gasteiger partial charge in [-0.15, -0.1) is 0 Å².